The molecule has 1 aliphatic heterocycles. The van der Waals surface area contributed by atoms with Crippen molar-refractivity contribution in [1.29, 1.82) is 0 Å². The van der Waals surface area contributed by atoms with Crippen molar-refractivity contribution < 1.29 is 19.4 Å². The molecule has 0 aromatic heterocycles. The third-order valence-electron chi connectivity index (χ3n) is 4.72. The molecule has 2 unspecified atom stereocenters. The van der Waals surface area contributed by atoms with Gasteiger partial charge in [0.2, 0.25) is 0 Å². The Morgan fingerprint density at radius 3 is 1.79 bits per heavy atom. The Balaban J connectivity index is 1.91. The fourth-order valence-electron chi connectivity index (χ4n) is 3.35. The van der Waals surface area contributed by atoms with Crippen molar-refractivity contribution in [2.75, 3.05) is 6.54 Å². The number of nitro benzene ring substituents is 2. The molecule has 152 valence electrons. The summed E-state index contributed by atoms with van der Waals surface area (Å²) in [6.45, 7) is 5.71. The van der Waals surface area contributed by atoms with Crippen LogP contribution in [0.2, 0.25) is 0 Å². The highest BCUT2D eigenvalue weighted by Gasteiger charge is 2.45. The van der Waals surface area contributed by atoms with Gasteiger partial charge in [-0.25, -0.2) is 4.79 Å². The molecule has 9 heteroatoms. The summed E-state index contributed by atoms with van der Waals surface area (Å²) in [6, 6.07) is 11.9. The number of rotatable bonds is 4. The molecule has 0 bridgehead atoms. The largest absolute Gasteiger partial charge is 0.444 e. The zero-order chi connectivity index (χ0) is 21.3. The molecule has 1 amide bonds. The van der Waals surface area contributed by atoms with E-state index in [2.05, 4.69) is 0 Å². The van der Waals surface area contributed by atoms with Crippen LogP contribution >= 0.6 is 0 Å². The van der Waals surface area contributed by atoms with Crippen LogP contribution < -0.4 is 0 Å². The van der Waals surface area contributed by atoms with E-state index in [0.29, 0.717) is 6.54 Å². The molecule has 3 rings (SSSR count). The van der Waals surface area contributed by atoms with E-state index < -0.39 is 21.5 Å². The predicted molar refractivity (Wildman–Crippen MR) is 105 cm³/mol. The zero-order valence-electron chi connectivity index (χ0n) is 16.3. The van der Waals surface area contributed by atoms with Gasteiger partial charge in [0.05, 0.1) is 15.9 Å². The van der Waals surface area contributed by atoms with Crippen molar-refractivity contribution in [3.05, 3.63) is 79.9 Å². The summed E-state index contributed by atoms with van der Waals surface area (Å²) < 4.78 is 5.48. The third-order valence-corrected chi connectivity index (χ3v) is 4.72. The van der Waals surface area contributed by atoms with Gasteiger partial charge in [-0.15, -0.1) is 0 Å². The van der Waals surface area contributed by atoms with E-state index >= 15 is 0 Å². The second kappa shape index (κ2) is 7.50. The number of hydrogen-bond acceptors (Lipinski definition) is 6. The number of nitrogens with zero attached hydrogens (tertiary/aromatic N) is 3. The molecule has 0 aliphatic carbocycles. The van der Waals surface area contributed by atoms with Crippen molar-refractivity contribution in [3.63, 3.8) is 0 Å². The van der Waals surface area contributed by atoms with Gasteiger partial charge in [0, 0.05) is 36.7 Å². The lowest BCUT2D eigenvalue weighted by Gasteiger charge is -2.48. The van der Waals surface area contributed by atoms with Crippen molar-refractivity contribution in [2.45, 2.75) is 38.3 Å². The maximum absolute atomic E-state index is 12.6. The van der Waals surface area contributed by atoms with Crippen molar-refractivity contribution in [1.82, 2.24) is 4.90 Å². The number of nitro groups is 2. The molecule has 9 nitrogen and oxygen atoms in total. The predicted octanol–water partition coefficient (Wildman–Crippen LogP) is 4.58. The minimum Gasteiger partial charge on any atom is -0.444 e. The molecule has 1 aliphatic rings. The number of ether oxygens (including phenoxy) is 1. The quantitative estimate of drug-likeness (QED) is 0.549. The molecule has 0 saturated carbocycles. The number of non-ortho nitro benzene ring substituents is 2. The molecule has 2 aromatic rings. The standard InChI is InChI=1S/C20H21N3O6/c1-20(2,3)29-19(24)21-12-17(13-4-8-15(9-5-13)22(25)26)18(21)14-6-10-16(11-7-14)23(27)28/h4-11,17-18H,12H2,1-3H3. The monoisotopic (exact) mass is 399 g/mol. The van der Waals surface area contributed by atoms with Crippen LogP contribution in [0.3, 0.4) is 0 Å². The Labute approximate surface area is 167 Å². The van der Waals surface area contributed by atoms with Gasteiger partial charge < -0.3 is 4.74 Å². The van der Waals surface area contributed by atoms with Crippen LogP contribution in [0.4, 0.5) is 16.2 Å². The highest BCUT2D eigenvalue weighted by Crippen LogP contribution is 2.46. The fraction of sp³-hybridized carbons (Fsp3) is 0.350. The normalized spacial score (nSPS) is 18.7. The summed E-state index contributed by atoms with van der Waals surface area (Å²) in [7, 11) is 0. The molecule has 1 heterocycles. The van der Waals surface area contributed by atoms with Gasteiger partial charge in [0.15, 0.2) is 0 Å². The van der Waals surface area contributed by atoms with Crippen LogP contribution in [0, 0.1) is 20.2 Å². The van der Waals surface area contributed by atoms with Crippen molar-refractivity contribution >= 4 is 17.5 Å². The number of hydrogen-bond donors (Lipinski definition) is 0. The van der Waals surface area contributed by atoms with Crippen LogP contribution in [0.5, 0.6) is 0 Å². The minimum atomic E-state index is -0.657. The first-order chi connectivity index (χ1) is 13.6. The van der Waals surface area contributed by atoms with Crippen molar-refractivity contribution in [2.24, 2.45) is 0 Å². The van der Waals surface area contributed by atoms with E-state index in [4.69, 9.17) is 4.74 Å². The number of benzene rings is 2. The zero-order valence-corrected chi connectivity index (χ0v) is 16.3. The third kappa shape index (κ3) is 4.34. The molecular formula is C20H21N3O6. The molecule has 0 N–H and O–H groups in total. The highest BCUT2D eigenvalue weighted by molar-refractivity contribution is 5.71. The van der Waals surface area contributed by atoms with E-state index in [1.54, 1.807) is 49.9 Å². The molecular weight excluding hydrogens is 378 g/mol. The Hall–Kier alpha value is -3.49. The van der Waals surface area contributed by atoms with Crippen LogP contribution in [-0.4, -0.2) is 33.0 Å². The van der Waals surface area contributed by atoms with Gasteiger partial charge in [-0.1, -0.05) is 24.3 Å². The lowest BCUT2D eigenvalue weighted by Crippen LogP contribution is -2.52. The summed E-state index contributed by atoms with van der Waals surface area (Å²) in [5, 5.41) is 21.8. The van der Waals surface area contributed by atoms with Crippen LogP contribution in [-0.2, 0) is 4.74 Å². The molecule has 0 radical (unpaired) electrons. The van der Waals surface area contributed by atoms with E-state index in [1.165, 1.54) is 24.3 Å². The maximum Gasteiger partial charge on any atom is 0.410 e. The van der Waals surface area contributed by atoms with Crippen molar-refractivity contribution in [3.8, 4) is 0 Å². The van der Waals surface area contributed by atoms with Crippen LogP contribution in [0.15, 0.2) is 48.5 Å². The SMILES string of the molecule is CC(C)(C)OC(=O)N1CC(c2ccc([N+](=O)[O-])cc2)C1c1ccc([N+](=O)[O-])cc1. The fourth-order valence-corrected chi connectivity index (χ4v) is 3.35. The summed E-state index contributed by atoms with van der Waals surface area (Å²) in [5.41, 5.74) is 0.873. The van der Waals surface area contributed by atoms with Gasteiger partial charge in [-0.2, -0.15) is 0 Å². The van der Waals surface area contributed by atoms with E-state index in [-0.39, 0.29) is 23.3 Å². The van der Waals surface area contributed by atoms with Gasteiger partial charge in [-0.05, 0) is 31.9 Å². The topological polar surface area (TPSA) is 116 Å². The first kappa shape index (κ1) is 20.2. The molecule has 0 spiro atoms. The second-order valence-electron chi connectivity index (χ2n) is 7.88. The number of carbonyl (C=O) groups is 1. The van der Waals surface area contributed by atoms with Crippen LogP contribution in [0.1, 0.15) is 43.9 Å². The average molecular weight is 399 g/mol. The van der Waals surface area contributed by atoms with Gasteiger partial charge in [-0.3, -0.25) is 25.1 Å². The van der Waals surface area contributed by atoms with Gasteiger partial charge in [0.25, 0.3) is 11.4 Å². The Morgan fingerprint density at radius 1 is 0.931 bits per heavy atom. The Morgan fingerprint density at radius 2 is 1.38 bits per heavy atom. The molecule has 1 saturated heterocycles. The van der Waals surface area contributed by atoms with Crippen LogP contribution in [0.25, 0.3) is 0 Å². The average Bonchev–Trinajstić information content (AvgIpc) is 2.60. The molecule has 1 fully saturated rings. The first-order valence-corrected chi connectivity index (χ1v) is 9.05. The van der Waals surface area contributed by atoms with E-state index in [1.807, 2.05) is 0 Å². The highest BCUT2D eigenvalue weighted by atomic mass is 16.6. The number of amides is 1. The smallest absolute Gasteiger partial charge is 0.410 e. The molecule has 2 aromatic carbocycles. The molecule has 2 atom stereocenters. The summed E-state index contributed by atoms with van der Waals surface area (Å²) >= 11 is 0. The van der Waals surface area contributed by atoms with E-state index in [0.717, 1.165) is 11.1 Å². The molecule has 29 heavy (non-hydrogen) atoms. The first-order valence-electron chi connectivity index (χ1n) is 9.05. The summed E-state index contributed by atoms with van der Waals surface area (Å²) in [5.74, 6) is -0.107. The summed E-state index contributed by atoms with van der Waals surface area (Å²) in [4.78, 5) is 35.1. The lowest BCUT2D eigenvalue weighted by molar-refractivity contribution is -0.385. The lowest BCUT2D eigenvalue weighted by atomic mass is 9.79. The summed E-state index contributed by atoms with van der Waals surface area (Å²) in [6.07, 6.45) is -0.473. The van der Waals surface area contributed by atoms with Gasteiger partial charge in [0.1, 0.15) is 5.60 Å². The minimum absolute atomic E-state index is 0.0102. The number of likely N-dealkylation sites (tertiary alicyclic amines) is 1. The van der Waals surface area contributed by atoms with Gasteiger partial charge >= 0.3 is 6.09 Å². The number of carbonyl (C=O) groups excluding carboxylic acids is 1. The van der Waals surface area contributed by atoms with E-state index in [9.17, 15) is 25.0 Å². The Bertz CT molecular complexity index is 934. The maximum atomic E-state index is 12.6. The second-order valence-corrected chi connectivity index (χ2v) is 7.88. The Kier molecular flexibility index (Phi) is 5.23.